The standard InChI is InChI=1S/C27H38O/c1-3-25-14-22-15-26(17-25,23-7-5-4-6-8-23)19-27(16-22,18-25)24(28)13-21-11-9-20(2)10-12-21/h4-8,20-22H,3,9-19H2,1-2H3. The van der Waals surface area contributed by atoms with E-state index in [1.165, 1.54) is 69.8 Å². The third kappa shape index (κ3) is 2.99. The minimum atomic E-state index is -0.00562. The molecule has 5 saturated carbocycles. The van der Waals surface area contributed by atoms with Crippen LogP contribution < -0.4 is 0 Å². The van der Waals surface area contributed by atoms with Gasteiger partial charge in [0.25, 0.3) is 0 Å². The molecule has 0 amide bonds. The van der Waals surface area contributed by atoms with Gasteiger partial charge < -0.3 is 0 Å². The summed E-state index contributed by atoms with van der Waals surface area (Å²) in [7, 11) is 0. The van der Waals surface area contributed by atoms with Crippen LogP contribution in [-0.2, 0) is 10.2 Å². The number of carbonyl (C=O) groups is 1. The summed E-state index contributed by atoms with van der Waals surface area (Å²) in [5, 5.41) is 0. The monoisotopic (exact) mass is 378 g/mol. The summed E-state index contributed by atoms with van der Waals surface area (Å²) in [6.07, 6.45) is 15.0. The zero-order valence-corrected chi connectivity index (χ0v) is 18.0. The van der Waals surface area contributed by atoms with Crippen LogP contribution in [-0.4, -0.2) is 5.78 Å². The first-order chi connectivity index (χ1) is 13.5. The van der Waals surface area contributed by atoms with Gasteiger partial charge in [-0.15, -0.1) is 0 Å². The van der Waals surface area contributed by atoms with Gasteiger partial charge in [-0.2, -0.15) is 0 Å². The van der Waals surface area contributed by atoms with Gasteiger partial charge in [-0.05, 0) is 85.5 Å². The van der Waals surface area contributed by atoms with E-state index in [0.29, 0.717) is 17.1 Å². The Balaban J connectivity index is 1.45. The van der Waals surface area contributed by atoms with Crippen LogP contribution in [0.2, 0.25) is 0 Å². The molecule has 28 heavy (non-hydrogen) atoms. The Kier molecular flexibility index (Phi) is 4.53. The van der Waals surface area contributed by atoms with Crippen molar-refractivity contribution in [3.05, 3.63) is 35.9 Å². The van der Waals surface area contributed by atoms with E-state index in [-0.39, 0.29) is 10.8 Å². The molecule has 152 valence electrons. The summed E-state index contributed by atoms with van der Waals surface area (Å²) in [4.78, 5) is 13.9. The lowest BCUT2D eigenvalue weighted by Gasteiger charge is -2.66. The Morgan fingerprint density at radius 1 is 0.964 bits per heavy atom. The second kappa shape index (κ2) is 6.71. The average Bonchev–Trinajstić information content (AvgIpc) is 2.69. The predicted octanol–water partition coefficient (Wildman–Crippen LogP) is 7.09. The largest absolute Gasteiger partial charge is 0.299 e. The van der Waals surface area contributed by atoms with Gasteiger partial charge in [0, 0.05) is 11.8 Å². The van der Waals surface area contributed by atoms with Crippen molar-refractivity contribution in [2.24, 2.45) is 28.6 Å². The fourth-order valence-electron chi connectivity index (χ4n) is 8.47. The zero-order valence-electron chi connectivity index (χ0n) is 18.0. The molecule has 1 aromatic rings. The average molecular weight is 379 g/mol. The molecule has 4 atom stereocenters. The van der Waals surface area contributed by atoms with Crippen molar-refractivity contribution in [2.45, 2.75) is 96.3 Å². The van der Waals surface area contributed by atoms with Crippen molar-refractivity contribution >= 4 is 5.78 Å². The van der Waals surface area contributed by atoms with E-state index in [1.807, 2.05) is 0 Å². The van der Waals surface area contributed by atoms with Gasteiger partial charge in [-0.1, -0.05) is 63.4 Å². The second-order valence-corrected chi connectivity index (χ2v) is 11.5. The molecule has 1 nitrogen and oxygen atoms in total. The number of Topliss-reactive ketones (excluding diaryl/α,β-unsaturated/α-hetero) is 1. The third-order valence-electron chi connectivity index (χ3n) is 9.52. The van der Waals surface area contributed by atoms with Crippen LogP contribution in [0.3, 0.4) is 0 Å². The number of hydrogen-bond acceptors (Lipinski definition) is 1. The molecular weight excluding hydrogens is 340 g/mol. The molecule has 0 saturated heterocycles. The molecule has 0 aromatic heterocycles. The van der Waals surface area contributed by atoms with Gasteiger partial charge in [0.05, 0.1) is 0 Å². The van der Waals surface area contributed by atoms with Crippen molar-refractivity contribution in [1.29, 1.82) is 0 Å². The maximum absolute atomic E-state index is 13.9. The number of ketones is 1. The fourth-order valence-corrected chi connectivity index (χ4v) is 8.47. The molecule has 5 aliphatic rings. The van der Waals surface area contributed by atoms with Crippen molar-refractivity contribution in [2.75, 3.05) is 0 Å². The van der Waals surface area contributed by atoms with E-state index in [4.69, 9.17) is 0 Å². The Morgan fingerprint density at radius 2 is 1.71 bits per heavy atom. The van der Waals surface area contributed by atoms with Crippen LogP contribution in [0, 0.1) is 28.6 Å². The van der Waals surface area contributed by atoms with Crippen LogP contribution in [0.15, 0.2) is 30.3 Å². The van der Waals surface area contributed by atoms with Gasteiger partial charge >= 0.3 is 0 Å². The summed E-state index contributed by atoms with van der Waals surface area (Å²) in [6.45, 7) is 4.78. The van der Waals surface area contributed by atoms with E-state index in [9.17, 15) is 4.79 Å². The highest BCUT2D eigenvalue weighted by Crippen LogP contribution is 2.71. The van der Waals surface area contributed by atoms with Crippen LogP contribution >= 0.6 is 0 Å². The molecule has 0 heterocycles. The highest BCUT2D eigenvalue weighted by molar-refractivity contribution is 5.86. The van der Waals surface area contributed by atoms with E-state index in [0.717, 1.165) is 24.7 Å². The van der Waals surface area contributed by atoms with Gasteiger partial charge in [-0.3, -0.25) is 4.79 Å². The highest BCUT2D eigenvalue weighted by atomic mass is 16.1. The number of benzene rings is 1. The maximum Gasteiger partial charge on any atom is 0.139 e. The first-order valence-electron chi connectivity index (χ1n) is 12.1. The molecule has 0 N–H and O–H groups in total. The lowest BCUT2D eigenvalue weighted by molar-refractivity contribution is -0.162. The van der Waals surface area contributed by atoms with E-state index in [1.54, 1.807) is 0 Å². The normalized spacial score (nSPS) is 44.6. The minimum absolute atomic E-state index is 0.00562. The molecule has 0 aliphatic heterocycles. The quantitative estimate of drug-likeness (QED) is 0.534. The Hall–Kier alpha value is -1.11. The van der Waals surface area contributed by atoms with Crippen LogP contribution in [0.4, 0.5) is 0 Å². The summed E-state index contributed by atoms with van der Waals surface area (Å²) in [5.74, 6) is 2.97. The summed E-state index contributed by atoms with van der Waals surface area (Å²) in [5.41, 5.74) is 2.22. The molecule has 0 radical (unpaired) electrons. The topological polar surface area (TPSA) is 17.1 Å². The Morgan fingerprint density at radius 3 is 2.43 bits per heavy atom. The molecule has 6 rings (SSSR count). The fraction of sp³-hybridized carbons (Fsp3) is 0.741. The summed E-state index contributed by atoms with van der Waals surface area (Å²) >= 11 is 0. The van der Waals surface area contributed by atoms with Crippen molar-refractivity contribution < 1.29 is 4.79 Å². The Labute approximate surface area is 171 Å². The van der Waals surface area contributed by atoms with E-state index >= 15 is 0 Å². The summed E-state index contributed by atoms with van der Waals surface area (Å²) < 4.78 is 0. The van der Waals surface area contributed by atoms with Crippen LogP contribution in [0.5, 0.6) is 0 Å². The van der Waals surface area contributed by atoms with Gasteiger partial charge in [0.15, 0.2) is 0 Å². The number of hydrogen-bond donors (Lipinski definition) is 0. The van der Waals surface area contributed by atoms with Gasteiger partial charge in [0.1, 0.15) is 5.78 Å². The molecule has 4 unspecified atom stereocenters. The van der Waals surface area contributed by atoms with Crippen molar-refractivity contribution in [1.82, 2.24) is 0 Å². The lowest BCUT2D eigenvalue weighted by atomic mass is 9.37. The zero-order chi connectivity index (χ0) is 19.4. The SMILES string of the molecule is CCC12CC3CC(C(=O)CC4CCC(C)CC4)(C1)CC(c1ccccc1)(C3)C2. The third-order valence-corrected chi connectivity index (χ3v) is 9.52. The molecule has 1 heteroatoms. The predicted molar refractivity (Wildman–Crippen MR) is 115 cm³/mol. The highest BCUT2D eigenvalue weighted by Gasteiger charge is 2.64. The maximum atomic E-state index is 13.9. The molecule has 5 fully saturated rings. The first-order valence-corrected chi connectivity index (χ1v) is 12.1. The first kappa shape index (κ1) is 18.9. The smallest absolute Gasteiger partial charge is 0.139 e. The van der Waals surface area contributed by atoms with Crippen molar-refractivity contribution in [3.8, 4) is 0 Å². The van der Waals surface area contributed by atoms with Gasteiger partial charge in [-0.25, -0.2) is 0 Å². The minimum Gasteiger partial charge on any atom is -0.299 e. The molecular formula is C27H38O. The van der Waals surface area contributed by atoms with Crippen LogP contribution in [0.1, 0.15) is 96.5 Å². The number of carbonyl (C=O) groups excluding carboxylic acids is 1. The number of rotatable bonds is 5. The van der Waals surface area contributed by atoms with E-state index in [2.05, 4.69) is 44.2 Å². The molecule has 5 aliphatic carbocycles. The molecule has 0 spiro atoms. The second-order valence-electron chi connectivity index (χ2n) is 11.5. The lowest BCUT2D eigenvalue weighted by Crippen LogP contribution is -2.61. The van der Waals surface area contributed by atoms with Crippen molar-refractivity contribution in [3.63, 3.8) is 0 Å². The van der Waals surface area contributed by atoms with Crippen LogP contribution in [0.25, 0.3) is 0 Å². The Bertz CT molecular complexity index is 730. The van der Waals surface area contributed by atoms with Gasteiger partial charge in [0.2, 0.25) is 0 Å². The molecule has 4 bridgehead atoms. The molecule has 1 aromatic carbocycles. The summed E-state index contributed by atoms with van der Waals surface area (Å²) in [6, 6.07) is 11.3. The van der Waals surface area contributed by atoms with E-state index < -0.39 is 0 Å².